The summed E-state index contributed by atoms with van der Waals surface area (Å²) in [5.74, 6) is -0.565. The summed E-state index contributed by atoms with van der Waals surface area (Å²) in [5.41, 5.74) is 0. The number of carbonyl (C=O) groups excluding carboxylic acids is 2. The minimum atomic E-state index is -4.48. The lowest BCUT2D eigenvalue weighted by Gasteiger charge is -2.27. The van der Waals surface area contributed by atoms with Gasteiger partial charge in [0.2, 0.25) is 5.91 Å². The third-order valence-electron chi connectivity index (χ3n) is 13.8. The fourth-order valence-electron chi connectivity index (χ4n) is 8.73. The number of hydrogen-bond donors (Lipinski definition) is 2. The van der Waals surface area contributed by atoms with Crippen molar-refractivity contribution in [1.29, 1.82) is 0 Å². The van der Waals surface area contributed by atoms with Crippen LogP contribution >= 0.6 is 7.82 Å². The topological polar surface area (TPSA) is 111 Å². The maximum Gasteiger partial charge on any atom is 0.472 e. The van der Waals surface area contributed by atoms with Gasteiger partial charge in [-0.1, -0.05) is 257 Å². The fraction of sp³-hybridized carbons (Fsp3) is 0.644. The molecular formula is C73H124N2O7P+. The molecule has 3 atom stereocenters. The van der Waals surface area contributed by atoms with Gasteiger partial charge in [0.25, 0.3) is 0 Å². The van der Waals surface area contributed by atoms with Crippen molar-refractivity contribution in [2.75, 3.05) is 40.9 Å². The molecular weight excluding hydrogens is 1050 g/mol. The Bertz CT molecular complexity index is 1930. The van der Waals surface area contributed by atoms with Crippen LogP contribution in [0.1, 0.15) is 252 Å². The largest absolute Gasteiger partial charge is 0.472 e. The van der Waals surface area contributed by atoms with Gasteiger partial charge in [-0.15, -0.1) is 0 Å². The molecule has 83 heavy (non-hydrogen) atoms. The predicted octanol–water partition coefficient (Wildman–Crippen LogP) is 21.0. The number of likely N-dealkylation sites (N-methyl/N-ethyl adjacent to an activating group) is 1. The van der Waals surface area contributed by atoms with Crippen LogP contribution in [0.15, 0.2) is 146 Å². The van der Waals surface area contributed by atoms with Crippen LogP contribution in [-0.2, 0) is 27.9 Å². The first kappa shape index (κ1) is 78.9. The van der Waals surface area contributed by atoms with Gasteiger partial charge in [0.1, 0.15) is 19.3 Å². The Kier molecular flexibility index (Phi) is 58.0. The highest BCUT2D eigenvalue weighted by molar-refractivity contribution is 7.47. The number of nitrogens with one attached hydrogen (secondary N) is 1. The predicted molar refractivity (Wildman–Crippen MR) is 359 cm³/mol. The monoisotopic (exact) mass is 1170 g/mol. The summed E-state index contributed by atoms with van der Waals surface area (Å²) in [4.78, 5) is 37.8. The van der Waals surface area contributed by atoms with E-state index in [0.717, 1.165) is 148 Å². The number of quaternary nitrogens is 1. The molecule has 0 saturated carbocycles. The Hall–Kier alpha value is -4.11. The number of ether oxygens (including phenoxy) is 1. The van der Waals surface area contributed by atoms with Crippen molar-refractivity contribution in [2.45, 2.75) is 264 Å². The van der Waals surface area contributed by atoms with E-state index in [0.29, 0.717) is 30.3 Å². The molecule has 0 bridgehead atoms. The molecule has 0 spiro atoms. The molecule has 0 aliphatic carbocycles. The Labute approximate surface area is 510 Å². The van der Waals surface area contributed by atoms with Crippen molar-refractivity contribution in [1.82, 2.24) is 5.32 Å². The Balaban J connectivity index is 5.33. The number of phosphoric acid groups is 1. The van der Waals surface area contributed by atoms with E-state index >= 15 is 0 Å². The molecule has 472 valence electrons. The van der Waals surface area contributed by atoms with Crippen molar-refractivity contribution in [3.63, 3.8) is 0 Å². The van der Waals surface area contributed by atoms with Gasteiger partial charge in [0, 0.05) is 12.8 Å². The third-order valence-corrected chi connectivity index (χ3v) is 14.8. The van der Waals surface area contributed by atoms with Crippen LogP contribution < -0.4 is 5.32 Å². The van der Waals surface area contributed by atoms with Gasteiger partial charge in [-0.3, -0.25) is 18.6 Å². The highest BCUT2D eigenvalue weighted by Gasteiger charge is 2.30. The number of unbranched alkanes of at least 4 members (excludes halogenated alkanes) is 20. The molecule has 1 amide bonds. The van der Waals surface area contributed by atoms with E-state index in [4.69, 9.17) is 13.8 Å². The van der Waals surface area contributed by atoms with E-state index in [-0.39, 0.29) is 31.5 Å². The summed E-state index contributed by atoms with van der Waals surface area (Å²) >= 11 is 0. The number of phosphoric ester groups is 1. The van der Waals surface area contributed by atoms with Crippen LogP contribution in [0.5, 0.6) is 0 Å². The number of rotatable bonds is 58. The van der Waals surface area contributed by atoms with Crippen LogP contribution in [0, 0.1) is 0 Å². The molecule has 0 aromatic heterocycles. The second-order valence-electron chi connectivity index (χ2n) is 22.9. The van der Waals surface area contributed by atoms with Crippen LogP contribution in [0.3, 0.4) is 0 Å². The molecule has 0 aromatic rings. The summed E-state index contributed by atoms with van der Waals surface area (Å²) in [6.45, 7) is 6.74. The Morgan fingerprint density at radius 2 is 0.771 bits per heavy atom. The molecule has 0 saturated heterocycles. The van der Waals surface area contributed by atoms with Gasteiger partial charge < -0.3 is 19.4 Å². The molecule has 9 nitrogen and oxygen atoms in total. The minimum absolute atomic E-state index is 0.0231. The first-order valence-corrected chi connectivity index (χ1v) is 34.7. The Morgan fingerprint density at radius 1 is 0.434 bits per heavy atom. The zero-order chi connectivity index (χ0) is 60.7. The third kappa shape index (κ3) is 62.2. The van der Waals surface area contributed by atoms with Crippen molar-refractivity contribution in [2.24, 2.45) is 0 Å². The smallest absolute Gasteiger partial charge is 0.456 e. The minimum Gasteiger partial charge on any atom is -0.456 e. The lowest BCUT2D eigenvalue weighted by atomic mass is 10.0. The second kappa shape index (κ2) is 61.0. The number of carbonyl (C=O) groups is 2. The number of esters is 1. The summed E-state index contributed by atoms with van der Waals surface area (Å²) in [6.07, 6.45) is 88.4. The maximum atomic E-state index is 13.6. The normalized spacial score (nSPS) is 14.5. The van der Waals surface area contributed by atoms with Gasteiger partial charge in [0.05, 0.1) is 33.8 Å². The van der Waals surface area contributed by atoms with Gasteiger partial charge in [-0.25, -0.2) is 4.57 Å². The van der Waals surface area contributed by atoms with Gasteiger partial charge in [-0.05, 0) is 128 Å². The summed E-state index contributed by atoms with van der Waals surface area (Å²) < 4.78 is 30.7. The fourth-order valence-corrected chi connectivity index (χ4v) is 9.47. The van der Waals surface area contributed by atoms with Crippen LogP contribution in [0.25, 0.3) is 0 Å². The van der Waals surface area contributed by atoms with Gasteiger partial charge in [-0.2, -0.15) is 0 Å². The first-order valence-electron chi connectivity index (χ1n) is 33.2. The standard InChI is InChI=1S/C73H123N2O7P/c1-7-10-13-16-19-22-25-28-30-32-34-36-37-39-41-43-45-48-51-54-57-60-63-66-73(77)82-71(64-61-58-55-52-49-46-27-24-21-18-15-12-9-3)70(69-81-83(78,79)80-68-67-75(4,5)6)74-72(76)65-62-59-56-53-50-47-44-42-40-38-35-33-31-29-26-23-20-17-14-11-8-2/h10-11,13-14,19-20,22-23,28-31,34-36,38-39,41-42,44-45,48,61,64,70-71H,7-9,12,15-18,21,24-27,32-33,37,40,43,46-47,49-60,62-63,65-69H2,1-6H3,(H-,74,76,78,79)/p+1/b13-10-,14-11-,22-19-,23-20-,30-28-,31-29-,36-34-,38-35-,41-39-,44-42-,48-45-,64-61+. The van der Waals surface area contributed by atoms with Crippen LogP contribution in [0.2, 0.25) is 0 Å². The van der Waals surface area contributed by atoms with Gasteiger partial charge >= 0.3 is 13.8 Å². The SMILES string of the molecule is CC/C=C\C/C=C\C/C=C\C/C=C\C/C=C\C/C=C\CCCCCCC(=O)OC(/C=C/CCCCCCCCCCCCC)C(COP(=O)(O)OCC[N+](C)(C)C)NC(=O)CCCCCCC/C=C\C/C=C\C/C=C\C/C=C\C/C=C\CC. The van der Waals surface area contributed by atoms with Crippen molar-refractivity contribution in [3.05, 3.63) is 146 Å². The molecule has 3 unspecified atom stereocenters. The van der Waals surface area contributed by atoms with E-state index < -0.39 is 20.0 Å². The van der Waals surface area contributed by atoms with Crippen molar-refractivity contribution >= 4 is 19.7 Å². The van der Waals surface area contributed by atoms with E-state index in [1.54, 1.807) is 0 Å². The van der Waals surface area contributed by atoms with E-state index in [2.05, 4.69) is 160 Å². The lowest BCUT2D eigenvalue weighted by molar-refractivity contribution is -0.870. The number of hydrogen-bond acceptors (Lipinski definition) is 6. The maximum absolute atomic E-state index is 13.6. The molecule has 0 fully saturated rings. The molecule has 0 aromatic carbocycles. The zero-order valence-electron chi connectivity index (χ0n) is 53.9. The Morgan fingerprint density at radius 3 is 1.16 bits per heavy atom. The van der Waals surface area contributed by atoms with Gasteiger partial charge in [0.15, 0.2) is 0 Å². The quantitative estimate of drug-likeness (QED) is 0.0205. The number of allylic oxidation sites excluding steroid dienone is 23. The molecule has 0 rings (SSSR count). The lowest BCUT2D eigenvalue weighted by Crippen LogP contribution is -2.47. The molecule has 10 heteroatoms. The number of amides is 1. The average molecular weight is 1170 g/mol. The highest BCUT2D eigenvalue weighted by atomic mass is 31.2. The summed E-state index contributed by atoms with van der Waals surface area (Å²) in [6, 6.07) is -0.882. The van der Waals surface area contributed by atoms with E-state index in [1.165, 1.54) is 57.8 Å². The van der Waals surface area contributed by atoms with Crippen LogP contribution in [0.4, 0.5) is 0 Å². The van der Waals surface area contributed by atoms with E-state index in [9.17, 15) is 19.0 Å². The summed E-state index contributed by atoms with van der Waals surface area (Å²) in [5, 5.41) is 3.04. The second-order valence-corrected chi connectivity index (χ2v) is 24.3. The molecule has 0 radical (unpaired) electrons. The first-order chi connectivity index (χ1) is 40.4. The zero-order valence-corrected chi connectivity index (χ0v) is 54.8. The van der Waals surface area contributed by atoms with Crippen molar-refractivity contribution < 1.29 is 37.3 Å². The molecule has 0 heterocycles. The summed E-state index contributed by atoms with van der Waals surface area (Å²) in [7, 11) is 1.44. The molecule has 0 aliphatic rings. The van der Waals surface area contributed by atoms with E-state index in [1.807, 2.05) is 33.3 Å². The molecule has 0 aliphatic heterocycles. The number of nitrogens with zero attached hydrogens (tertiary/aromatic N) is 1. The van der Waals surface area contributed by atoms with Crippen molar-refractivity contribution in [3.8, 4) is 0 Å². The average Bonchev–Trinajstić information content (AvgIpc) is 3.47. The highest BCUT2D eigenvalue weighted by Crippen LogP contribution is 2.43. The molecule has 2 N–H and O–H groups in total. The van der Waals surface area contributed by atoms with Crippen LogP contribution in [-0.4, -0.2) is 74.3 Å².